The van der Waals surface area contributed by atoms with Gasteiger partial charge in [0.1, 0.15) is 0 Å². The van der Waals surface area contributed by atoms with Gasteiger partial charge in [-0.1, -0.05) is 116 Å². The zero-order valence-electron chi connectivity index (χ0n) is 25.0. The molecule has 0 saturated heterocycles. The van der Waals surface area contributed by atoms with Gasteiger partial charge in [0.15, 0.2) is 0 Å². The van der Waals surface area contributed by atoms with Crippen LogP contribution in [0.15, 0.2) is 139 Å². The highest BCUT2D eigenvalue weighted by atomic mass is 14.9. The lowest BCUT2D eigenvalue weighted by atomic mass is 9.66. The fourth-order valence-electron chi connectivity index (χ4n) is 7.78. The first-order valence-corrected chi connectivity index (χ1v) is 15.4. The molecule has 2 aliphatic rings. The third kappa shape index (κ3) is 3.85. The Morgan fingerprint density at radius 1 is 0.605 bits per heavy atom. The van der Waals surface area contributed by atoms with Crippen LogP contribution in [-0.2, 0) is 5.41 Å². The van der Waals surface area contributed by atoms with Crippen molar-refractivity contribution in [2.75, 3.05) is 5.32 Å². The highest BCUT2D eigenvalue weighted by Crippen LogP contribution is 2.57. The number of benzene rings is 6. The van der Waals surface area contributed by atoms with Gasteiger partial charge < -0.3 is 5.32 Å². The minimum atomic E-state index is -0.365. The molecule has 8 rings (SSSR count). The predicted molar refractivity (Wildman–Crippen MR) is 183 cm³/mol. The van der Waals surface area contributed by atoms with Crippen LogP contribution in [-0.4, -0.2) is 0 Å². The maximum Gasteiger partial charge on any atom is 0.0710 e. The normalized spacial score (nSPS) is 19.1. The van der Waals surface area contributed by atoms with Gasteiger partial charge in [0, 0.05) is 11.4 Å². The van der Waals surface area contributed by atoms with Crippen molar-refractivity contribution < 1.29 is 0 Å². The van der Waals surface area contributed by atoms with Crippen molar-refractivity contribution in [1.29, 1.82) is 0 Å². The maximum absolute atomic E-state index is 3.80. The highest BCUT2D eigenvalue weighted by molar-refractivity contribution is 6.11. The summed E-state index contributed by atoms with van der Waals surface area (Å²) in [5, 5.41) is 9.04. The summed E-state index contributed by atoms with van der Waals surface area (Å²) in [6.07, 6.45) is 5.88. The Morgan fingerprint density at radius 3 is 2.12 bits per heavy atom. The molecule has 43 heavy (non-hydrogen) atoms. The van der Waals surface area contributed by atoms with Crippen LogP contribution in [0, 0.1) is 19.8 Å². The average molecular weight is 554 g/mol. The van der Waals surface area contributed by atoms with Crippen LogP contribution in [0.25, 0.3) is 27.1 Å². The minimum Gasteiger partial charge on any atom is -0.355 e. The Hall–Kier alpha value is -4.88. The Kier molecular flexibility index (Phi) is 5.91. The molecule has 0 fully saturated rings. The van der Waals surface area contributed by atoms with Gasteiger partial charge in [-0.3, -0.25) is 0 Å². The fraction of sp³-hybridized carbons (Fsp3) is 0.143. The van der Waals surface area contributed by atoms with E-state index in [2.05, 4.69) is 160 Å². The molecule has 0 saturated carbocycles. The van der Waals surface area contributed by atoms with Crippen molar-refractivity contribution in [2.24, 2.45) is 5.92 Å². The first-order chi connectivity index (χ1) is 21.1. The number of hydrogen-bond donors (Lipinski definition) is 1. The number of aryl methyl sites for hydroxylation is 2. The molecular formula is C42H35N. The second-order valence-electron chi connectivity index (χ2n) is 12.4. The summed E-state index contributed by atoms with van der Waals surface area (Å²) in [4.78, 5) is 0. The van der Waals surface area contributed by atoms with Crippen molar-refractivity contribution in [3.05, 3.63) is 172 Å². The molecule has 1 heteroatoms. The van der Waals surface area contributed by atoms with E-state index >= 15 is 0 Å². The summed E-state index contributed by atoms with van der Waals surface area (Å²) in [7, 11) is 0. The van der Waals surface area contributed by atoms with Gasteiger partial charge >= 0.3 is 0 Å². The van der Waals surface area contributed by atoms with Crippen molar-refractivity contribution in [3.8, 4) is 0 Å². The number of allylic oxidation sites excluding steroid dienone is 4. The second kappa shape index (κ2) is 9.85. The van der Waals surface area contributed by atoms with E-state index in [-0.39, 0.29) is 5.41 Å². The molecule has 2 aliphatic carbocycles. The summed E-state index contributed by atoms with van der Waals surface area (Å²) in [6, 6.07) is 44.8. The topological polar surface area (TPSA) is 12.0 Å². The Morgan fingerprint density at radius 2 is 1.28 bits per heavy atom. The Labute approximate surface area is 254 Å². The highest BCUT2D eigenvalue weighted by Gasteiger charge is 2.47. The van der Waals surface area contributed by atoms with E-state index in [4.69, 9.17) is 0 Å². The monoisotopic (exact) mass is 553 g/mol. The van der Waals surface area contributed by atoms with E-state index in [0.717, 1.165) is 17.8 Å². The van der Waals surface area contributed by atoms with Crippen LogP contribution in [0.4, 0.5) is 11.4 Å². The van der Waals surface area contributed by atoms with E-state index in [1.807, 2.05) is 0 Å². The zero-order valence-corrected chi connectivity index (χ0v) is 25.0. The number of anilines is 2. The molecule has 1 N–H and O–H groups in total. The smallest absolute Gasteiger partial charge is 0.0710 e. The van der Waals surface area contributed by atoms with Gasteiger partial charge in [-0.15, -0.1) is 0 Å². The third-order valence-electron chi connectivity index (χ3n) is 9.90. The molecule has 0 amide bonds. The summed E-state index contributed by atoms with van der Waals surface area (Å²) in [6.45, 7) is 6.81. The average Bonchev–Trinajstić information content (AvgIpc) is 3.34. The molecule has 0 aliphatic heterocycles. The van der Waals surface area contributed by atoms with E-state index in [1.54, 1.807) is 0 Å². The molecule has 208 valence electrons. The van der Waals surface area contributed by atoms with Gasteiger partial charge in [0.25, 0.3) is 0 Å². The molecule has 6 aromatic rings. The molecule has 1 nitrogen and oxygen atoms in total. The predicted octanol–water partition coefficient (Wildman–Crippen LogP) is 11.1. The maximum atomic E-state index is 3.80. The van der Waals surface area contributed by atoms with E-state index in [9.17, 15) is 0 Å². The molecule has 2 atom stereocenters. The first kappa shape index (κ1) is 25.8. The molecular weight excluding hydrogens is 518 g/mol. The van der Waals surface area contributed by atoms with Crippen LogP contribution in [0.2, 0.25) is 0 Å². The van der Waals surface area contributed by atoms with Gasteiger partial charge in [-0.2, -0.15) is 0 Å². The fourth-order valence-corrected chi connectivity index (χ4v) is 7.78. The molecule has 0 radical (unpaired) electrons. The van der Waals surface area contributed by atoms with Crippen LogP contribution in [0.3, 0.4) is 0 Å². The zero-order chi connectivity index (χ0) is 29.1. The van der Waals surface area contributed by atoms with Crippen molar-refractivity contribution in [3.63, 3.8) is 0 Å². The van der Waals surface area contributed by atoms with Crippen LogP contribution >= 0.6 is 0 Å². The minimum absolute atomic E-state index is 0.365. The lowest BCUT2D eigenvalue weighted by molar-refractivity contribution is 0.718. The first-order valence-electron chi connectivity index (χ1n) is 15.4. The number of rotatable bonds is 4. The van der Waals surface area contributed by atoms with Crippen LogP contribution < -0.4 is 5.32 Å². The largest absolute Gasteiger partial charge is 0.355 e. The number of fused-ring (bicyclic) bond motifs is 5. The summed E-state index contributed by atoms with van der Waals surface area (Å²) in [5.41, 5.74) is 12.8. The van der Waals surface area contributed by atoms with Gasteiger partial charge in [0.05, 0.1) is 5.41 Å². The molecule has 0 spiro atoms. The van der Waals surface area contributed by atoms with E-state index in [1.165, 1.54) is 66.1 Å². The summed E-state index contributed by atoms with van der Waals surface area (Å²) in [5.74, 6) is 0.530. The van der Waals surface area contributed by atoms with Gasteiger partial charge in [-0.25, -0.2) is 0 Å². The SMILES string of the molecule is Cc1c(C)c2ccc(Nc3cccc(C4(c5ccccc5)C5=C(CC(C)C=C5)c5ccccc54)c3)cc2c2ccccc12. The lowest BCUT2D eigenvalue weighted by Gasteiger charge is -2.36. The third-order valence-corrected chi connectivity index (χ3v) is 9.90. The van der Waals surface area contributed by atoms with Gasteiger partial charge in [-0.05, 0) is 117 Å². The molecule has 0 bridgehead atoms. The van der Waals surface area contributed by atoms with E-state index < -0.39 is 0 Å². The van der Waals surface area contributed by atoms with Crippen molar-refractivity contribution >= 4 is 38.5 Å². The summed E-state index contributed by atoms with van der Waals surface area (Å²) < 4.78 is 0. The molecule has 0 heterocycles. The number of hydrogen-bond acceptors (Lipinski definition) is 1. The second-order valence-corrected chi connectivity index (χ2v) is 12.4. The number of nitrogens with one attached hydrogen (secondary N) is 1. The Bertz CT molecular complexity index is 2110. The Balaban J connectivity index is 1.30. The molecule has 6 aromatic carbocycles. The molecule has 0 aromatic heterocycles. The van der Waals surface area contributed by atoms with Crippen molar-refractivity contribution in [2.45, 2.75) is 32.6 Å². The lowest BCUT2D eigenvalue weighted by Crippen LogP contribution is -2.29. The molecule has 2 unspecified atom stereocenters. The van der Waals surface area contributed by atoms with Gasteiger partial charge in [0.2, 0.25) is 0 Å². The van der Waals surface area contributed by atoms with Crippen molar-refractivity contribution in [1.82, 2.24) is 0 Å². The van der Waals surface area contributed by atoms with E-state index in [0.29, 0.717) is 5.92 Å². The van der Waals surface area contributed by atoms with Crippen LogP contribution in [0.1, 0.15) is 46.7 Å². The quantitative estimate of drug-likeness (QED) is 0.214. The standard InChI is InChI=1S/C42H35N/c1-27-20-23-41-39(24-27)37-18-9-10-19-40(37)42(41,30-12-5-4-6-13-30)31-14-11-15-32(25-31)43-33-21-22-35-29(3)28(2)34-16-7-8-17-36(34)38(35)26-33/h4-23,25-27,43H,24H2,1-3H3. The summed E-state index contributed by atoms with van der Waals surface area (Å²) >= 11 is 0. The van der Waals surface area contributed by atoms with Crippen LogP contribution in [0.5, 0.6) is 0 Å².